The van der Waals surface area contributed by atoms with Crippen molar-refractivity contribution in [2.45, 2.75) is 212 Å². The first-order chi connectivity index (χ1) is 48.8. The van der Waals surface area contributed by atoms with Crippen LogP contribution in [0.3, 0.4) is 0 Å². The molecule has 0 radical (unpaired) electrons. The van der Waals surface area contributed by atoms with Crippen LogP contribution in [0.5, 0.6) is 0 Å². The Bertz CT molecular complexity index is 3120. The fraction of sp³-hybridized carbons (Fsp3) is 0.672. The van der Waals surface area contributed by atoms with E-state index >= 15 is 4.79 Å². The van der Waals surface area contributed by atoms with Crippen LogP contribution >= 0.6 is 0 Å². The number of aliphatic hydroxyl groups excluding tert-OH is 4. The largest absolute Gasteiger partial charge is 0.490 e. The van der Waals surface area contributed by atoms with Crippen molar-refractivity contribution in [1.29, 1.82) is 0 Å². The molecule has 1 saturated heterocycles. The molecule has 1 fully saturated rings. The van der Waals surface area contributed by atoms with E-state index in [1.54, 1.807) is 41.5 Å². The normalized spacial score (nSPS) is 22.7. The zero-order chi connectivity index (χ0) is 82.2. The van der Waals surface area contributed by atoms with Gasteiger partial charge in [-0.15, -0.1) is 0 Å². The van der Waals surface area contributed by atoms with E-state index in [0.717, 1.165) is 11.8 Å². The highest BCUT2D eigenvalue weighted by Gasteiger charge is 2.45. The van der Waals surface area contributed by atoms with Crippen molar-refractivity contribution in [1.82, 2.24) is 58.1 Å². The summed E-state index contributed by atoms with van der Waals surface area (Å²) >= 11 is 0. The van der Waals surface area contributed by atoms with Gasteiger partial charge in [0.15, 0.2) is 24.2 Å². The predicted molar refractivity (Wildman–Crippen MR) is 363 cm³/mol. The smallest absolute Gasteiger partial charge is 0.475 e. The van der Waals surface area contributed by atoms with Gasteiger partial charge in [-0.1, -0.05) is 106 Å². The fourth-order valence-corrected chi connectivity index (χ4v) is 9.49. The van der Waals surface area contributed by atoms with Crippen LogP contribution in [0.25, 0.3) is 0 Å². The van der Waals surface area contributed by atoms with Crippen molar-refractivity contribution in [3.63, 3.8) is 0 Å². The van der Waals surface area contributed by atoms with Crippen molar-refractivity contribution in [3.8, 4) is 0 Å². The van der Waals surface area contributed by atoms with E-state index in [1.165, 1.54) is 58.3 Å². The number of likely N-dealkylation sites (N-methyl/N-ethyl adjacent to an activating group) is 1. The number of cyclic esters (lactones) is 1. The molecule has 2 rings (SSSR count). The third-order valence-corrected chi connectivity index (χ3v) is 15.3. The Balaban J connectivity index is 0.00000710. The number of hydrogen-bond acceptors (Lipinski definition) is 21. The van der Waals surface area contributed by atoms with Gasteiger partial charge in [-0.2, -0.15) is 26.3 Å². The molecule has 1 aliphatic rings. The Morgan fingerprint density at radius 2 is 1.11 bits per heavy atom. The zero-order valence-electron chi connectivity index (χ0n) is 60.9. The second-order valence-electron chi connectivity index (χ2n) is 26.5. The Kier molecular flexibility index (Phi) is 41.6. The van der Waals surface area contributed by atoms with Gasteiger partial charge in [0.25, 0.3) is 5.91 Å². The first kappa shape index (κ1) is 96.4. The second kappa shape index (κ2) is 45.7. The Hall–Kier alpha value is -9.55. The summed E-state index contributed by atoms with van der Waals surface area (Å²) in [4.78, 5) is 194. The fourth-order valence-electron chi connectivity index (χ4n) is 9.49. The van der Waals surface area contributed by atoms with Gasteiger partial charge < -0.3 is 111 Å². The molecule has 42 heteroatoms. The van der Waals surface area contributed by atoms with E-state index in [4.69, 9.17) is 41.7 Å². The van der Waals surface area contributed by atoms with Gasteiger partial charge in [-0.25, -0.2) is 14.4 Å². The number of guanidine groups is 1. The number of esters is 1. The molecule has 11 amide bonds. The molecule has 0 spiro atoms. The maximum absolute atomic E-state index is 15.4. The molecule has 1 heterocycles. The molecule has 0 aromatic heterocycles. The number of nitrogens with zero attached hydrogens (tertiary/aromatic N) is 2. The lowest BCUT2D eigenvalue weighted by molar-refractivity contribution is -0.193. The van der Waals surface area contributed by atoms with Crippen molar-refractivity contribution in [2.75, 3.05) is 33.8 Å². The maximum atomic E-state index is 15.4. The number of carbonyl (C=O) groups is 14. The molecule has 1 aliphatic heterocycles. The number of carboxylic acid groups (broad SMARTS) is 2. The quantitative estimate of drug-likeness (QED) is 0.0166. The van der Waals surface area contributed by atoms with Gasteiger partial charge in [0.05, 0.1) is 31.4 Å². The van der Waals surface area contributed by atoms with Crippen LogP contribution in [-0.2, 0) is 71.9 Å². The molecule has 0 unspecified atom stereocenters. The maximum Gasteiger partial charge on any atom is 0.490 e. The number of alkyl halides is 6. The monoisotopic (exact) mass is 1530 g/mol. The number of ether oxygens (including phenoxy) is 1. The highest BCUT2D eigenvalue weighted by molar-refractivity contribution is 6.00. The number of nitrogens with one attached hydrogen (secondary N) is 10. The van der Waals surface area contributed by atoms with Crippen molar-refractivity contribution < 1.29 is 129 Å². The lowest BCUT2D eigenvalue weighted by atomic mass is 9.95. The number of amides is 11. The number of rotatable bonds is 23. The Morgan fingerprint density at radius 3 is 1.58 bits per heavy atom. The molecule has 0 saturated carbocycles. The number of aliphatic imine (C=N–C) groups is 1. The summed E-state index contributed by atoms with van der Waals surface area (Å²) in [6.07, 6.45) is -18.0. The first-order valence-electron chi connectivity index (χ1n) is 33.4. The summed E-state index contributed by atoms with van der Waals surface area (Å²) < 4.78 is 69.4. The molecular weight excluding hydrogens is 1430 g/mol. The van der Waals surface area contributed by atoms with Crippen LogP contribution in [0.1, 0.15) is 126 Å². The van der Waals surface area contributed by atoms with Gasteiger partial charge >= 0.3 is 30.3 Å². The number of nitrogens with two attached hydrogens (primary N) is 3. The van der Waals surface area contributed by atoms with Gasteiger partial charge in [0, 0.05) is 20.6 Å². The van der Waals surface area contributed by atoms with Crippen molar-refractivity contribution in [2.24, 2.45) is 51.8 Å². The lowest BCUT2D eigenvalue weighted by Gasteiger charge is -2.34. The SMILES string of the molecule is CC[C@H](C)[C@@H]1NC(=O)[C@@H](CCCN=C(N)N)NC(=O)[C@H](CC(C)C)NC(=O)[C@H]([C@H](O)C(C)C)NC(=O)[C@@H](NC(=O)[C@H](CC(C)C)NC(=O)[C@H](N)CC(C)C)[C@@H](c2ccccc2)OC(=O)[C@H](CO)NC(=O)[C@H]([C@H](O)C(=O)N(C)C)NC(=O)CNC(=O)[C@H]([C@H](C)O)NC1=O.O=C(O)C(F)(F)F.O=C(O)C(F)(F)F. The summed E-state index contributed by atoms with van der Waals surface area (Å²) in [6.45, 7) is 15.5. The third kappa shape index (κ3) is 34.6. The Labute approximate surface area is 607 Å². The lowest BCUT2D eigenvalue weighted by Crippen LogP contribution is -2.64. The number of aliphatic carboxylic acids is 2. The number of halogens is 6. The number of aliphatic hydroxyl groups is 4. The van der Waals surface area contributed by atoms with E-state index in [2.05, 4.69) is 58.2 Å². The molecule has 22 N–H and O–H groups in total. The van der Waals surface area contributed by atoms with Crippen LogP contribution < -0.4 is 70.4 Å². The van der Waals surface area contributed by atoms with E-state index in [-0.39, 0.29) is 74.3 Å². The average Bonchev–Trinajstić information content (AvgIpc) is 0.810. The van der Waals surface area contributed by atoms with E-state index in [9.17, 15) is 99.5 Å². The van der Waals surface area contributed by atoms with E-state index < -0.39 is 205 Å². The predicted octanol–water partition coefficient (Wildman–Crippen LogP) is -3.57. The van der Waals surface area contributed by atoms with Crippen LogP contribution in [0.15, 0.2) is 35.3 Å². The summed E-state index contributed by atoms with van der Waals surface area (Å²) in [5, 5.41) is 83.3. The summed E-state index contributed by atoms with van der Waals surface area (Å²) in [7, 11) is 2.39. The minimum absolute atomic E-state index is 0.0446. The van der Waals surface area contributed by atoms with E-state index in [1.807, 2.05) is 13.8 Å². The Morgan fingerprint density at radius 1 is 0.632 bits per heavy atom. The second-order valence-corrected chi connectivity index (χ2v) is 26.5. The first-order valence-corrected chi connectivity index (χ1v) is 33.4. The minimum atomic E-state index is -5.08. The summed E-state index contributed by atoms with van der Waals surface area (Å²) in [5.41, 5.74) is 17.3. The highest BCUT2D eigenvalue weighted by Crippen LogP contribution is 2.25. The molecule has 602 valence electrons. The van der Waals surface area contributed by atoms with Gasteiger partial charge in [0.2, 0.25) is 59.1 Å². The van der Waals surface area contributed by atoms with Gasteiger partial charge in [-0.3, -0.25) is 57.7 Å². The van der Waals surface area contributed by atoms with Crippen molar-refractivity contribution >= 4 is 88.8 Å². The topological polar surface area (TPSA) is 584 Å². The van der Waals surface area contributed by atoms with E-state index in [0.29, 0.717) is 0 Å². The van der Waals surface area contributed by atoms with Crippen LogP contribution in [0.4, 0.5) is 26.3 Å². The third-order valence-electron chi connectivity index (χ3n) is 15.3. The summed E-state index contributed by atoms with van der Waals surface area (Å²) in [5.74, 6) is -22.1. The zero-order valence-corrected chi connectivity index (χ0v) is 60.9. The molecule has 106 heavy (non-hydrogen) atoms. The highest BCUT2D eigenvalue weighted by atomic mass is 19.4. The van der Waals surface area contributed by atoms with Gasteiger partial charge in [-0.05, 0) is 74.2 Å². The number of carbonyl (C=O) groups excluding carboxylic acids is 12. The average molecular weight is 1530 g/mol. The number of carboxylic acids is 2. The molecule has 0 aliphatic carbocycles. The molecule has 0 bridgehead atoms. The van der Waals surface area contributed by atoms with Crippen LogP contribution in [-0.4, -0.2) is 249 Å². The molecule has 1 aromatic rings. The summed E-state index contributed by atoms with van der Waals surface area (Å²) in [6, 6.07) is -10.5. The van der Waals surface area contributed by atoms with Crippen LogP contribution in [0.2, 0.25) is 0 Å². The molecular formula is C64H103F6N15O21. The number of benzene rings is 1. The molecule has 15 atom stereocenters. The van der Waals surface area contributed by atoms with Gasteiger partial charge in [0.1, 0.15) is 48.3 Å². The molecule has 1 aromatic carbocycles. The standard InChI is InChI=1S/C60H101N15O17.2C2HF3O2/c1-14-32(10)41-54(86)72-42(33(11)77)53(85)65-26-40(78)70-44(47(80)58(90)75(12)13)56(88)69-39(27-76)59(91)92-48(34-19-16-15-17-20-34)45(74-52(84)38(25-30(6)7)67-49(81)35(61)23-28(2)3)57(89)73-43(46(79)31(8)9)55(87)68-37(24-29(4)5)51(83)66-36(50(82)71-41)21-18-22-64-60(62)63;2*3-2(4,5)1(6)7/h15-17,19-20,28-33,35-39,41-48,76-77,79-80H,14,18,21-27,61H2,1-13H3,(H,65,85)(H,66,83)(H,67,81)(H,68,87)(H,69,88)(H,70,78)(H,71,82)(H,72,86)(H,73,89)(H,74,84)(H4,62,63,64);2*(H,6,7)/t32-,33-,35+,36+,37-,38-,39-,41-,42-,43-,44-,45-,46+,47-,48+;;/m0../s1. The number of hydrogen-bond donors (Lipinski definition) is 19. The minimum Gasteiger partial charge on any atom is -0.475 e. The van der Waals surface area contributed by atoms with Crippen molar-refractivity contribution in [3.05, 3.63) is 35.9 Å². The van der Waals surface area contributed by atoms with Crippen LogP contribution in [0, 0.1) is 29.6 Å². The molecule has 36 nitrogen and oxygen atoms in total.